The predicted octanol–water partition coefficient (Wildman–Crippen LogP) is 0.537. The average Bonchev–Trinajstić information content (AvgIpc) is 2.72. The van der Waals surface area contributed by atoms with Crippen LogP contribution in [0.25, 0.3) is 0 Å². The molecule has 1 aromatic rings. The molecule has 0 aliphatic rings. The molecule has 5 heteroatoms. The van der Waals surface area contributed by atoms with Crippen molar-refractivity contribution < 1.29 is 19.1 Å². The molecule has 0 saturated carbocycles. The van der Waals surface area contributed by atoms with Crippen LogP contribution in [0.4, 0.5) is 0 Å². The predicted molar refractivity (Wildman–Crippen MR) is 53.4 cm³/mol. The maximum absolute atomic E-state index is 11.2. The Balaban J connectivity index is 2.61. The first-order chi connectivity index (χ1) is 7.19. The summed E-state index contributed by atoms with van der Waals surface area (Å²) in [5.74, 6) is -0.288. The topological polar surface area (TPSA) is 71.7 Å². The van der Waals surface area contributed by atoms with Gasteiger partial charge in [0.05, 0.1) is 20.0 Å². The second kappa shape index (κ2) is 5.53. The van der Waals surface area contributed by atoms with Gasteiger partial charge < -0.3 is 19.6 Å². The Morgan fingerprint density at radius 1 is 1.73 bits per heavy atom. The zero-order valence-electron chi connectivity index (χ0n) is 8.82. The number of ether oxygens (including phenoxy) is 1. The minimum atomic E-state index is -0.492. The normalized spacial score (nSPS) is 12.5. The third-order valence-corrected chi connectivity index (χ3v) is 2.03. The fraction of sp³-hybridized carbons (Fsp3) is 0.500. The minimum absolute atomic E-state index is 0.0228. The van der Waals surface area contributed by atoms with E-state index < -0.39 is 5.97 Å². The van der Waals surface area contributed by atoms with Crippen LogP contribution in [0.5, 0.6) is 0 Å². The summed E-state index contributed by atoms with van der Waals surface area (Å²) in [5, 5.41) is 11.8. The monoisotopic (exact) mass is 213 g/mol. The number of methoxy groups -OCH3 is 1. The highest BCUT2D eigenvalue weighted by atomic mass is 16.5. The molecule has 0 radical (unpaired) electrons. The van der Waals surface area contributed by atoms with Gasteiger partial charge in [0, 0.05) is 18.2 Å². The molecule has 0 fully saturated rings. The van der Waals surface area contributed by atoms with Gasteiger partial charge in [0.25, 0.3) is 0 Å². The number of esters is 1. The van der Waals surface area contributed by atoms with Crippen molar-refractivity contribution in [3.8, 4) is 0 Å². The lowest BCUT2D eigenvalue weighted by Crippen LogP contribution is -2.29. The lowest BCUT2D eigenvalue weighted by atomic mass is 10.2. The molecule has 2 N–H and O–H groups in total. The highest BCUT2D eigenvalue weighted by Crippen LogP contribution is 2.11. The molecule has 0 unspecified atom stereocenters. The number of aliphatic hydroxyl groups is 1. The standard InChI is InChI=1S/C10H15NO4/c1-7(6-12)11-5-8-3-4-15-9(8)10(13)14-2/h3-4,7,11-12H,5-6H2,1-2H3/t7-/m0/s1. The molecular weight excluding hydrogens is 198 g/mol. The first-order valence-corrected chi connectivity index (χ1v) is 4.68. The average molecular weight is 213 g/mol. The molecule has 1 rings (SSSR count). The molecule has 1 atom stereocenters. The summed E-state index contributed by atoms with van der Waals surface area (Å²) in [7, 11) is 1.30. The van der Waals surface area contributed by atoms with Crippen molar-refractivity contribution in [2.24, 2.45) is 0 Å². The van der Waals surface area contributed by atoms with E-state index in [1.807, 2.05) is 6.92 Å². The number of aliphatic hydroxyl groups excluding tert-OH is 1. The Bertz CT molecular complexity index is 321. The third kappa shape index (κ3) is 3.07. The summed E-state index contributed by atoms with van der Waals surface area (Å²) in [4.78, 5) is 11.2. The molecule has 0 spiro atoms. The number of carbonyl (C=O) groups is 1. The van der Waals surface area contributed by atoms with Gasteiger partial charge in [0.2, 0.25) is 5.76 Å². The number of rotatable bonds is 5. The molecule has 0 amide bonds. The van der Waals surface area contributed by atoms with E-state index in [1.54, 1.807) is 6.07 Å². The van der Waals surface area contributed by atoms with E-state index in [-0.39, 0.29) is 18.4 Å². The highest BCUT2D eigenvalue weighted by Gasteiger charge is 2.15. The summed E-state index contributed by atoms with van der Waals surface area (Å²) in [6, 6.07) is 1.67. The summed E-state index contributed by atoms with van der Waals surface area (Å²) < 4.78 is 9.56. The van der Waals surface area contributed by atoms with E-state index >= 15 is 0 Å². The van der Waals surface area contributed by atoms with Gasteiger partial charge in [0.1, 0.15) is 0 Å². The van der Waals surface area contributed by atoms with E-state index in [0.717, 1.165) is 5.56 Å². The number of furan rings is 1. The van der Waals surface area contributed by atoms with Crippen molar-refractivity contribution >= 4 is 5.97 Å². The smallest absolute Gasteiger partial charge is 0.374 e. The Morgan fingerprint density at radius 2 is 2.47 bits per heavy atom. The van der Waals surface area contributed by atoms with E-state index in [4.69, 9.17) is 9.52 Å². The van der Waals surface area contributed by atoms with Crippen molar-refractivity contribution in [1.82, 2.24) is 5.32 Å². The van der Waals surface area contributed by atoms with E-state index in [9.17, 15) is 4.79 Å². The molecule has 0 aliphatic heterocycles. The summed E-state index contributed by atoms with van der Waals surface area (Å²) >= 11 is 0. The maximum atomic E-state index is 11.2. The van der Waals surface area contributed by atoms with E-state index in [1.165, 1.54) is 13.4 Å². The largest absolute Gasteiger partial charge is 0.463 e. The quantitative estimate of drug-likeness (QED) is 0.698. The summed E-state index contributed by atoms with van der Waals surface area (Å²) in [6.45, 7) is 2.35. The Labute approximate surface area is 88.0 Å². The first-order valence-electron chi connectivity index (χ1n) is 4.68. The van der Waals surface area contributed by atoms with Gasteiger partial charge in [-0.15, -0.1) is 0 Å². The second-order valence-electron chi connectivity index (χ2n) is 3.23. The molecule has 1 heterocycles. The number of hydrogen-bond donors (Lipinski definition) is 2. The third-order valence-electron chi connectivity index (χ3n) is 2.03. The van der Waals surface area contributed by atoms with Crippen LogP contribution in [-0.2, 0) is 11.3 Å². The molecule has 1 aromatic heterocycles. The Morgan fingerprint density at radius 3 is 3.07 bits per heavy atom. The van der Waals surface area contributed by atoms with Crippen molar-refractivity contribution in [3.63, 3.8) is 0 Å². The van der Waals surface area contributed by atoms with E-state index in [0.29, 0.717) is 6.54 Å². The van der Waals surface area contributed by atoms with Crippen LogP contribution >= 0.6 is 0 Å². The number of carbonyl (C=O) groups excluding carboxylic acids is 1. The first kappa shape index (κ1) is 11.7. The number of nitrogens with one attached hydrogen (secondary N) is 1. The lowest BCUT2D eigenvalue weighted by Gasteiger charge is -2.09. The molecule has 0 aromatic carbocycles. The summed E-state index contributed by atoms with van der Waals surface area (Å²) in [5.41, 5.74) is 0.724. The molecule has 0 bridgehead atoms. The fourth-order valence-corrected chi connectivity index (χ4v) is 1.10. The molecule has 15 heavy (non-hydrogen) atoms. The van der Waals surface area contributed by atoms with Crippen molar-refractivity contribution in [1.29, 1.82) is 0 Å². The van der Waals surface area contributed by atoms with Crippen LogP contribution in [0.3, 0.4) is 0 Å². The zero-order valence-corrected chi connectivity index (χ0v) is 8.82. The van der Waals surface area contributed by atoms with Crippen LogP contribution in [0.15, 0.2) is 16.7 Å². The highest BCUT2D eigenvalue weighted by molar-refractivity contribution is 5.87. The molecule has 5 nitrogen and oxygen atoms in total. The summed E-state index contributed by atoms with van der Waals surface area (Å²) in [6.07, 6.45) is 1.44. The van der Waals surface area contributed by atoms with Crippen LogP contribution < -0.4 is 5.32 Å². The van der Waals surface area contributed by atoms with E-state index in [2.05, 4.69) is 10.1 Å². The van der Waals surface area contributed by atoms with Gasteiger partial charge >= 0.3 is 5.97 Å². The van der Waals surface area contributed by atoms with Crippen molar-refractivity contribution in [3.05, 3.63) is 23.7 Å². The van der Waals surface area contributed by atoms with Gasteiger partial charge in [0.15, 0.2) is 0 Å². The van der Waals surface area contributed by atoms with Gasteiger partial charge in [-0.1, -0.05) is 0 Å². The number of hydrogen-bond acceptors (Lipinski definition) is 5. The van der Waals surface area contributed by atoms with Crippen molar-refractivity contribution in [2.75, 3.05) is 13.7 Å². The molecule has 0 aliphatic carbocycles. The Hall–Kier alpha value is -1.33. The zero-order chi connectivity index (χ0) is 11.3. The minimum Gasteiger partial charge on any atom is -0.463 e. The second-order valence-corrected chi connectivity index (χ2v) is 3.23. The molecule has 0 saturated heterocycles. The van der Waals surface area contributed by atoms with Crippen molar-refractivity contribution in [2.45, 2.75) is 19.5 Å². The van der Waals surface area contributed by atoms with Gasteiger partial charge in [-0.05, 0) is 13.0 Å². The van der Waals surface area contributed by atoms with Crippen LogP contribution in [0.1, 0.15) is 23.0 Å². The SMILES string of the molecule is COC(=O)c1occc1CN[C@@H](C)CO. The van der Waals surface area contributed by atoms with Crippen LogP contribution in [0.2, 0.25) is 0 Å². The fourth-order valence-electron chi connectivity index (χ4n) is 1.10. The lowest BCUT2D eigenvalue weighted by molar-refractivity contribution is 0.0563. The van der Waals surface area contributed by atoms with Gasteiger partial charge in [-0.3, -0.25) is 0 Å². The van der Waals surface area contributed by atoms with Crippen LogP contribution in [0, 0.1) is 0 Å². The van der Waals surface area contributed by atoms with Gasteiger partial charge in [-0.2, -0.15) is 0 Å². The molecule has 84 valence electrons. The maximum Gasteiger partial charge on any atom is 0.374 e. The van der Waals surface area contributed by atoms with Crippen LogP contribution in [-0.4, -0.2) is 30.8 Å². The molecular formula is C10H15NO4. The van der Waals surface area contributed by atoms with Gasteiger partial charge in [-0.25, -0.2) is 4.79 Å². The Kier molecular flexibility index (Phi) is 4.33.